The SMILES string of the molecule is C/C=C\C(C)c1cccc(-c2ccccc2)c1.CC.CC.CC.CCc1ccc(-c2cccc(-c3cccc(-c4ccc(-c5ccccc5)cc4)c3)c2)cc1.Cc1ccccc1.Cc1ccccc1-c1ccc2c3ccccc3n(C)c2c1C. The van der Waals surface area contributed by atoms with E-state index in [0.29, 0.717) is 5.92 Å². The van der Waals surface area contributed by atoms with Crippen LogP contribution in [0.3, 0.4) is 0 Å². The van der Waals surface area contributed by atoms with E-state index >= 15 is 0 Å². The minimum absolute atomic E-state index is 0.476. The highest BCUT2D eigenvalue weighted by molar-refractivity contribution is 6.10. The number of hydrogen-bond donors (Lipinski definition) is 0. The Morgan fingerprint density at radius 1 is 0.369 bits per heavy atom. The Bertz CT molecular complexity index is 3860. The fourth-order valence-electron chi connectivity index (χ4n) is 10.4. The zero-order valence-electron chi connectivity index (χ0n) is 52.4. The van der Waals surface area contributed by atoms with Gasteiger partial charge in [-0.3, -0.25) is 0 Å². The van der Waals surface area contributed by atoms with Crippen LogP contribution in [-0.2, 0) is 13.5 Å². The summed E-state index contributed by atoms with van der Waals surface area (Å²) in [6, 6.07) is 97.3. The Morgan fingerprint density at radius 3 is 1.27 bits per heavy atom. The Hall–Kier alpha value is -9.04. The molecule has 1 nitrogen and oxygen atoms in total. The second-order valence-corrected chi connectivity index (χ2v) is 20.1. The summed E-state index contributed by atoms with van der Waals surface area (Å²) >= 11 is 0. The first-order valence-corrected chi connectivity index (χ1v) is 30.5. The number of allylic oxidation sites excluding steroid dienone is 2. The molecule has 0 aliphatic rings. The van der Waals surface area contributed by atoms with Crippen molar-refractivity contribution in [1.29, 1.82) is 0 Å². The topological polar surface area (TPSA) is 4.93 Å². The molecule has 12 aromatic rings. The van der Waals surface area contributed by atoms with Crippen LogP contribution in [0.2, 0.25) is 0 Å². The zero-order chi connectivity index (χ0) is 60.2. The highest BCUT2D eigenvalue weighted by Gasteiger charge is 2.14. The predicted molar refractivity (Wildman–Crippen MR) is 373 cm³/mol. The molecule has 0 amide bonds. The zero-order valence-corrected chi connectivity index (χ0v) is 52.4. The molecule has 1 heteroatoms. The van der Waals surface area contributed by atoms with E-state index < -0.39 is 0 Å². The van der Waals surface area contributed by atoms with E-state index in [1.165, 1.54) is 116 Å². The van der Waals surface area contributed by atoms with Gasteiger partial charge >= 0.3 is 0 Å². The standard InChI is InChI=1S/C32H26.C21H19N.C17H18.C7H8.3C2H6/c1-2-24-14-16-27(17-15-24)29-10-6-12-31(22-29)32-13-7-11-30(23-32)28-20-18-26(19-21-28)25-8-4-3-5-9-25;1-14-8-4-5-9-16(14)17-12-13-19-18-10-6-7-11-20(18)22(3)21(19)15(17)2;1-3-8-14(2)16-11-7-12-17(13-16)15-9-5-4-6-10-15;1-7-5-3-2-4-6-7;3*1-2/h3-23H,2H2,1H3;4-13H,1-3H3;3-14H,1-2H3;2-6H,1H3;3*1-2H3/b;;8-3-;;;;. The maximum Gasteiger partial charge on any atom is 0.0524 e. The van der Waals surface area contributed by atoms with Gasteiger partial charge in [0.15, 0.2) is 0 Å². The molecule has 1 unspecified atom stereocenters. The number of hydrogen-bond acceptors (Lipinski definition) is 0. The van der Waals surface area contributed by atoms with Gasteiger partial charge in [0, 0.05) is 23.3 Å². The van der Waals surface area contributed by atoms with Crippen molar-refractivity contribution >= 4 is 21.8 Å². The van der Waals surface area contributed by atoms with Crippen molar-refractivity contribution < 1.29 is 0 Å². The minimum atomic E-state index is 0.476. The molecule has 0 aliphatic carbocycles. The first-order valence-electron chi connectivity index (χ1n) is 30.5. The second-order valence-electron chi connectivity index (χ2n) is 20.1. The van der Waals surface area contributed by atoms with Gasteiger partial charge in [-0.15, -0.1) is 0 Å². The number of fused-ring (bicyclic) bond motifs is 3. The molecule has 0 radical (unpaired) electrons. The number of nitrogens with zero attached hydrogens (tertiary/aromatic N) is 1. The van der Waals surface area contributed by atoms with Crippen molar-refractivity contribution in [2.75, 3.05) is 0 Å². The molecule has 1 atom stereocenters. The van der Waals surface area contributed by atoms with Crippen LogP contribution in [-0.4, -0.2) is 4.57 Å². The first-order chi connectivity index (χ1) is 41.2. The molecule has 0 bridgehead atoms. The van der Waals surface area contributed by atoms with E-state index in [-0.39, 0.29) is 0 Å². The molecule has 0 N–H and O–H groups in total. The number of aromatic nitrogens is 1. The molecule has 1 heterocycles. The van der Waals surface area contributed by atoms with Gasteiger partial charge in [-0.2, -0.15) is 0 Å². The van der Waals surface area contributed by atoms with Crippen molar-refractivity contribution in [3.05, 3.63) is 313 Å². The van der Waals surface area contributed by atoms with Gasteiger partial charge in [-0.05, 0) is 147 Å². The van der Waals surface area contributed by atoms with Crippen LogP contribution in [0.5, 0.6) is 0 Å². The summed E-state index contributed by atoms with van der Waals surface area (Å²) in [5, 5.41) is 2.67. The van der Waals surface area contributed by atoms with Gasteiger partial charge in [0.05, 0.1) is 5.52 Å². The quantitative estimate of drug-likeness (QED) is 0.127. The van der Waals surface area contributed by atoms with E-state index in [1.54, 1.807) is 0 Å². The van der Waals surface area contributed by atoms with Crippen molar-refractivity contribution in [3.8, 4) is 66.8 Å². The number of para-hydroxylation sites is 1. The third kappa shape index (κ3) is 17.0. The number of rotatable bonds is 9. The van der Waals surface area contributed by atoms with Gasteiger partial charge in [-0.25, -0.2) is 0 Å². The summed E-state index contributed by atoms with van der Waals surface area (Å²) in [5.41, 5.74) is 24.5. The van der Waals surface area contributed by atoms with Crippen molar-refractivity contribution in [2.24, 2.45) is 7.05 Å². The Kier molecular flexibility index (Phi) is 25.8. The van der Waals surface area contributed by atoms with Crippen molar-refractivity contribution in [3.63, 3.8) is 0 Å². The lowest BCUT2D eigenvalue weighted by molar-refractivity contribution is 0.966. The molecule has 84 heavy (non-hydrogen) atoms. The minimum Gasteiger partial charge on any atom is -0.343 e. The predicted octanol–water partition coefficient (Wildman–Crippen LogP) is 24.6. The molecule has 0 aliphatic heterocycles. The molecule has 426 valence electrons. The summed E-state index contributed by atoms with van der Waals surface area (Å²) in [6.07, 6.45) is 5.41. The summed E-state index contributed by atoms with van der Waals surface area (Å²) < 4.78 is 2.32. The lowest BCUT2D eigenvalue weighted by Gasteiger charge is -2.11. The first kappa shape index (κ1) is 64.1. The van der Waals surface area contributed by atoms with Crippen LogP contribution >= 0.6 is 0 Å². The Morgan fingerprint density at radius 2 is 0.774 bits per heavy atom. The smallest absolute Gasteiger partial charge is 0.0524 e. The highest BCUT2D eigenvalue weighted by Crippen LogP contribution is 2.37. The maximum atomic E-state index is 2.32. The average Bonchev–Trinajstić information content (AvgIpc) is 3.92. The molecule has 11 aromatic carbocycles. The van der Waals surface area contributed by atoms with Crippen LogP contribution in [0, 0.1) is 20.8 Å². The molecule has 1 aromatic heterocycles. The second kappa shape index (κ2) is 33.8. The largest absolute Gasteiger partial charge is 0.343 e. The van der Waals surface area contributed by atoms with Crippen molar-refractivity contribution in [2.45, 2.75) is 95.4 Å². The normalized spacial score (nSPS) is 10.6. The van der Waals surface area contributed by atoms with E-state index in [2.05, 4.69) is 320 Å². The summed E-state index contributed by atoms with van der Waals surface area (Å²) in [6.45, 7) is 25.0. The van der Waals surface area contributed by atoms with E-state index in [0.717, 1.165) is 6.42 Å². The molecular formula is C83H89N. The van der Waals surface area contributed by atoms with E-state index in [1.807, 2.05) is 59.7 Å². The number of benzene rings is 11. The van der Waals surface area contributed by atoms with Gasteiger partial charge in [0.25, 0.3) is 0 Å². The monoisotopic (exact) mass is 1100 g/mol. The summed E-state index contributed by atoms with van der Waals surface area (Å²) in [5.74, 6) is 0.476. The third-order valence-electron chi connectivity index (χ3n) is 14.8. The van der Waals surface area contributed by atoms with Crippen LogP contribution < -0.4 is 0 Å². The summed E-state index contributed by atoms with van der Waals surface area (Å²) in [7, 11) is 2.17. The molecular weight excluding hydrogens is 1010 g/mol. The average molecular weight is 1100 g/mol. The molecule has 0 fully saturated rings. The van der Waals surface area contributed by atoms with Gasteiger partial charge in [-0.1, -0.05) is 328 Å². The van der Waals surface area contributed by atoms with E-state index in [9.17, 15) is 0 Å². The molecule has 0 spiro atoms. The third-order valence-corrected chi connectivity index (χ3v) is 14.8. The molecule has 12 rings (SSSR count). The van der Waals surface area contributed by atoms with Crippen LogP contribution in [0.15, 0.2) is 285 Å². The molecule has 0 saturated carbocycles. The van der Waals surface area contributed by atoms with Gasteiger partial charge < -0.3 is 4.57 Å². The number of aryl methyl sites for hydroxylation is 5. The van der Waals surface area contributed by atoms with Crippen LogP contribution in [0.25, 0.3) is 88.6 Å². The van der Waals surface area contributed by atoms with Gasteiger partial charge in [0.1, 0.15) is 0 Å². The van der Waals surface area contributed by atoms with Crippen molar-refractivity contribution in [1.82, 2.24) is 4.57 Å². The van der Waals surface area contributed by atoms with Crippen LogP contribution in [0.4, 0.5) is 0 Å². The van der Waals surface area contributed by atoms with Gasteiger partial charge in [0.2, 0.25) is 0 Å². The Labute approximate surface area is 505 Å². The van der Waals surface area contributed by atoms with Crippen LogP contribution in [0.1, 0.15) is 96.0 Å². The fraction of sp³-hybridized carbons (Fsp3) is 0.181. The fourth-order valence-corrected chi connectivity index (χ4v) is 10.4. The molecule has 0 saturated heterocycles. The maximum absolute atomic E-state index is 2.32. The summed E-state index contributed by atoms with van der Waals surface area (Å²) in [4.78, 5) is 0. The highest BCUT2D eigenvalue weighted by atomic mass is 14.9. The van der Waals surface area contributed by atoms with E-state index in [4.69, 9.17) is 0 Å². The Balaban J connectivity index is 0.000000190. The lowest BCUT2D eigenvalue weighted by Crippen LogP contribution is -1.93. The lowest BCUT2D eigenvalue weighted by atomic mass is 9.95.